The molecule has 99 valence electrons. The fraction of sp³-hybridized carbons (Fsp3) is 0.500. The molecule has 2 heterocycles. The van der Waals surface area contributed by atoms with E-state index in [2.05, 4.69) is 6.92 Å². The molecule has 0 aromatic carbocycles. The van der Waals surface area contributed by atoms with E-state index in [9.17, 15) is 19.8 Å². The molecule has 1 aromatic rings. The summed E-state index contributed by atoms with van der Waals surface area (Å²) in [7, 11) is 0. The van der Waals surface area contributed by atoms with Crippen LogP contribution in [0.2, 0.25) is 0 Å². The van der Waals surface area contributed by atoms with Gasteiger partial charge in [0, 0.05) is 11.8 Å². The Morgan fingerprint density at radius 3 is 2.56 bits per heavy atom. The molecule has 0 amide bonds. The van der Waals surface area contributed by atoms with Gasteiger partial charge in [-0.05, 0) is 6.92 Å². The minimum Gasteiger partial charge on any atom is -0.394 e. The number of hydrogen-bond donors (Lipinski definition) is 4. The Balaban J connectivity index is 2.45. The molecule has 1 aromatic heterocycles. The highest BCUT2D eigenvalue weighted by atomic mass is 16.6. The SMILES string of the molecule is [CH2]c1cc(=O)[nH]c(=O)n1[C@@H]1O[C@H](CO)[C@@H](O)[C@H]1O. The van der Waals surface area contributed by atoms with E-state index < -0.39 is 42.4 Å². The maximum Gasteiger partial charge on any atom is 0.330 e. The molecule has 0 spiro atoms. The molecule has 1 saturated heterocycles. The predicted octanol–water partition coefficient (Wildman–Crippen LogP) is -2.67. The molecular weight excluding hydrogens is 244 g/mol. The summed E-state index contributed by atoms with van der Waals surface area (Å²) in [5.41, 5.74) is -1.38. The summed E-state index contributed by atoms with van der Waals surface area (Å²) >= 11 is 0. The zero-order chi connectivity index (χ0) is 13.4. The van der Waals surface area contributed by atoms with E-state index in [-0.39, 0.29) is 5.69 Å². The highest BCUT2D eigenvalue weighted by Gasteiger charge is 2.44. The molecule has 0 saturated carbocycles. The molecule has 1 aliphatic rings. The van der Waals surface area contributed by atoms with Crippen LogP contribution in [0.4, 0.5) is 0 Å². The lowest BCUT2D eigenvalue weighted by Gasteiger charge is -2.19. The second-order valence-corrected chi connectivity index (χ2v) is 4.03. The van der Waals surface area contributed by atoms with Crippen LogP contribution in [0.3, 0.4) is 0 Å². The van der Waals surface area contributed by atoms with Crippen LogP contribution in [-0.2, 0) is 4.74 Å². The van der Waals surface area contributed by atoms with E-state index >= 15 is 0 Å². The van der Waals surface area contributed by atoms with Crippen LogP contribution in [0.15, 0.2) is 15.7 Å². The van der Waals surface area contributed by atoms with Crippen LogP contribution in [0.25, 0.3) is 0 Å². The second-order valence-electron chi connectivity index (χ2n) is 4.03. The van der Waals surface area contributed by atoms with E-state index in [1.165, 1.54) is 0 Å². The molecule has 0 bridgehead atoms. The third-order valence-corrected chi connectivity index (χ3v) is 2.83. The average Bonchev–Trinajstić information content (AvgIpc) is 2.56. The van der Waals surface area contributed by atoms with Gasteiger partial charge in [-0.2, -0.15) is 0 Å². The zero-order valence-corrected chi connectivity index (χ0v) is 9.31. The van der Waals surface area contributed by atoms with Gasteiger partial charge in [-0.25, -0.2) is 4.79 Å². The molecule has 4 N–H and O–H groups in total. The standard InChI is InChI=1S/C10H13N2O6/c1-4-2-6(14)11-10(17)12(4)9-8(16)7(15)5(3-13)18-9/h2,5,7-9,13,15-16H,1,3H2,(H,11,14,17)/t5-,7-,8-,9-/m1/s1. The first-order chi connectivity index (χ1) is 8.45. The summed E-state index contributed by atoms with van der Waals surface area (Å²) in [6.45, 7) is 3.00. The minimum atomic E-state index is -1.40. The lowest BCUT2D eigenvalue weighted by atomic mass is 10.1. The first kappa shape index (κ1) is 13.0. The third-order valence-electron chi connectivity index (χ3n) is 2.83. The summed E-state index contributed by atoms with van der Waals surface area (Å²) < 4.78 is 6.10. The van der Waals surface area contributed by atoms with E-state index in [1.807, 2.05) is 4.98 Å². The van der Waals surface area contributed by atoms with Gasteiger partial charge in [0.25, 0.3) is 5.56 Å². The average molecular weight is 257 g/mol. The van der Waals surface area contributed by atoms with E-state index in [1.54, 1.807) is 0 Å². The molecular formula is C10H13N2O6. The Morgan fingerprint density at radius 1 is 1.39 bits per heavy atom. The van der Waals surface area contributed by atoms with Crippen molar-refractivity contribution < 1.29 is 20.1 Å². The fourth-order valence-corrected chi connectivity index (χ4v) is 1.93. The largest absolute Gasteiger partial charge is 0.394 e. The van der Waals surface area contributed by atoms with Crippen molar-refractivity contribution >= 4 is 0 Å². The number of rotatable bonds is 2. The Hall–Kier alpha value is -1.48. The zero-order valence-electron chi connectivity index (χ0n) is 9.31. The molecule has 1 fully saturated rings. The van der Waals surface area contributed by atoms with Gasteiger partial charge in [0.05, 0.1) is 6.61 Å². The summed E-state index contributed by atoms with van der Waals surface area (Å²) in [6.07, 6.45) is -4.92. The van der Waals surface area contributed by atoms with Crippen LogP contribution in [0, 0.1) is 6.92 Å². The van der Waals surface area contributed by atoms with Gasteiger partial charge in [0.2, 0.25) is 0 Å². The molecule has 18 heavy (non-hydrogen) atoms. The maximum atomic E-state index is 11.6. The van der Waals surface area contributed by atoms with Crippen molar-refractivity contribution in [2.24, 2.45) is 0 Å². The second kappa shape index (κ2) is 4.65. The van der Waals surface area contributed by atoms with Crippen molar-refractivity contribution in [1.29, 1.82) is 0 Å². The smallest absolute Gasteiger partial charge is 0.330 e. The quantitative estimate of drug-likeness (QED) is 0.458. The monoisotopic (exact) mass is 257 g/mol. The topological polar surface area (TPSA) is 125 Å². The number of nitrogens with one attached hydrogen (secondary N) is 1. The van der Waals surface area contributed by atoms with Crippen molar-refractivity contribution in [3.8, 4) is 0 Å². The first-order valence-electron chi connectivity index (χ1n) is 5.26. The number of aliphatic hydroxyl groups excluding tert-OH is 3. The van der Waals surface area contributed by atoms with Crippen LogP contribution >= 0.6 is 0 Å². The van der Waals surface area contributed by atoms with Crippen LogP contribution in [-0.4, -0.2) is 49.8 Å². The number of hydrogen-bond acceptors (Lipinski definition) is 6. The number of ether oxygens (including phenoxy) is 1. The molecule has 2 rings (SSSR count). The van der Waals surface area contributed by atoms with E-state index in [0.717, 1.165) is 10.6 Å². The number of aromatic nitrogens is 2. The summed E-state index contributed by atoms with van der Waals surface area (Å²) in [4.78, 5) is 24.7. The van der Waals surface area contributed by atoms with Gasteiger partial charge in [0.1, 0.15) is 18.3 Å². The van der Waals surface area contributed by atoms with Crippen LogP contribution < -0.4 is 11.2 Å². The predicted molar refractivity (Wildman–Crippen MR) is 58.8 cm³/mol. The molecule has 4 atom stereocenters. The number of H-pyrrole nitrogens is 1. The van der Waals surface area contributed by atoms with Gasteiger partial charge >= 0.3 is 5.69 Å². The highest BCUT2D eigenvalue weighted by molar-refractivity contribution is 5.07. The van der Waals surface area contributed by atoms with Crippen molar-refractivity contribution in [3.63, 3.8) is 0 Å². The van der Waals surface area contributed by atoms with Crippen molar-refractivity contribution in [2.75, 3.05) is 6.61 Å². The van der Waals surface area contributed by atoms with Crippen LogP contribution in [0.1, 0.15) is 11.9 Å². The molecule has 0 unspecified atom stereocenters. The fourth-order valence-electron chi connectivity index (χ4n) is 1.93. The van der Waals surface area contributed by atoms with Gasteiger partial charge in [0.15, 0.2) is 6.23 Å². The Morgan fingerprint density at radius 2 is 2.06 bits per heavy atom. The van der Waals surface area contributed by atoms with Gasteiger partial charge < -0.3 is 20.1 Å². The first-order valence-corrected chi connectivity index (χ1v) is 5.26. The van der Waals surface area contributed by atoms with Crippen molar-refractivity contribution in [1.82, 2.24) is 9.55 Å². The van der Waals surface area contributed by atoms with Gasteiger partial charge in [-0.15, -0.1) is 0 Å². The van der Waals surface area contributed by atoms with Crippen molar-refractivity contribution in [3.05, 3.63) is 39.5 Å². The highest BCUT2D eigenvalue weighted by Crippen LogP contribution is 2.28. The van der Waals surface area contributed by atoms with Crippen LogP contribution in [0.5, 0.6) is 0 Å². The third kappa shape index (κ3) is 1.99. The Bertz CT molecular complexity index is 550. The lowest BCUT2D eigenvalue weighted by Crippen LogP contribution is -2.39. The van der Waals surface area contributed by atoms with Gasteiger partial charge in [-0.1, -0.05) is 0 Å². The summed E-state index contributed by atoms with van der Waals surface area (Å²) in [5, 5.41) is 28.3. The van der Waals surface area contributed by atoms with Crippen molar-refractivity contribution in [2.45, 2.75) is 24.5 Å². The molecule has 8 nitrogen and oxygen atoms in total. The number of nitrogens with zero attached hydrogens (tertiary/aromatic N) is 1. The molecule has 1 aliphatic heterocycles. The van der Waals surface area contributed by atoms with E-state index in [0.29, 0.717) is 0 Å². The summed E-state index contributed by atoms with van der Waals surface area (Å²) in [6, 6.07) is 1.07. The molecule has 0 aliphatic carbocycles. The normalized spacial score (nSPS) is 31.8. The minimum absolute atomic E-state index is 0.0404. The molecule has 1 radical (unpaired) electrons. The summed E-state index contributed by atoms with van der Waals surface area (Å²) in [5.74, 6) is 0. The lowest BCUT2D eigenvalue weighted by molar-refractivity contribution is -0.0555. The van der Waals surface area contributed by atoms with E-state index in [4.69, 9.17) is 9.84 Å². The Labute approximate surface area is 101 Å². The number of aromatic amines is 1. The molecule has 8 heteroatoms. The maximum absolute atomic E-state index is 11.6. The Kier molecular flexibility index (Phi) is 3.35. The number of aliphatic hydroxyl groups is 3. The van der Waals surface area contributed by atoms with Gasteiger partial charge in [-0.3, -0.25) is 14.3 Å².